The molecular weight excluding hydrogens is 240 g/mol. The van der Waals surface area contributed by atoms with Gasteiger partial charge in [-0.15, -0.1) is 0 Å². The highest BCUT2D eigenvalue weighted by atomic mass is 16.5. The van der Waals surface area contributed by atoms with Crippen LogP contribution in [0.3, 0.4) is 0 Å². The number of hydrogen-bond donors (Lipinski definition) is 0. The molecule has 94 valence electrons. The number of carbonyl (C=O) groups excluding carboxylic acids is 1. The van der Waals surface area contributed by atoms with E-state index in [1.165, 1.54) is 4.90 Å². The Kier molecular flexibility index (Phi) is 3.79. The highest BCUT2D eigenvalue weighted by molar-refractivity contribution is 6.03. The Balaban J connectivity index is 2.11. The molecule has 0 heterocycles. The van der Waals surface area contributed by atoms with Crippen LogP contribution in [0.15, 0.2) is 54.6 Å². The van der Waals surface area contributed by atoms with Crippen LogP contribution in [0.1, 0.15) is 0 Å². The molecule has 2 aromatic rings. The minimum absolute atomic E-state index is 0.600. The molecule has 19 heavy (non-hydrogen) atoms. The average molecular weight is 252 g/mol. The van der Waals surface area contributed by atoms with E-state index < -0.39 is 5.91 Å². The van der Waals surface area contributed by atoms with E-state index in [1.54, 1.807) is 37.4 Å². The lowest BCUT2D eigenvalue weighted by atomic mass is 10.2. The molecule has 0 aromatic heterocycles. The number of para-hydroxylation sites is 1. The molecule has 0 radical (unpaired) electrons. The molecule has 0 aliphatic heterocycles. The zero-order valence-corrected chi connectivity index (χ0v) is 10.4. The molecule has 4 heteroatoms. The Morgan fingerprint density at radius 2 is 1.63 bits per heavy atom. The fourth-order valence-electron chi connectivity index (χ4n) is 1.55. The Hall–Kier alpha value is -2.80. The summed E-state index contributed by atoms with van der Waals surface area (Å²) in [6.45, 7) is 0. The summed E-state index contributed by atoms with van der Waals surface area (Å²) in [6, 6.07) is 18.0. The van der Waals surface area contributed by atoms with Gasteiger partial charge in [-0.25, -0.2) is 0 Å². The summed E-state index contributed by atoms with van der Waals surface area (Å²) in [5.41, 5.74) is 0.645. The van der Waals surface area contributed by atoms with Gasteiger partial charge >= 0.3 is 5.91 Å². The number of nitrogens with zero attached hydrogens (tertiary/aromatic N) is 2. The van der Waals surface area contributed by atoms with Gasteiger partial charge in [0.25, 0.3) is 0 Å². The number of benzene rings is 2. The topological polar surface area (TPSA) is 53.3 Å². The van der Waals surface area contributed by atoms with E-state index in [2.05, 4.69) is 0 Å². The maximum Gasteiger partial charge on any atom is 0.329 e. The predicted octanol–water partition coefficient (Wildman–Crippen LogP) is 2.97. The van der Waals surface area contributed by atoms with Gasteiger partial charge in [0.15, 0.2) is 6.07 Å². The third-order valence-corrected chi connectivity index (χ3v) is 2.60. The van der Waals surface area contributed by atoms with Crippen LogP contribution >= 0.6 is 0 Å². The molecule has 0 saturated carbocycles. The lowest BCUT2D eigenvalue weighted by molar-refractivity contribution is -0.113. The van der Waals surface area contributed by atoms with E-state index in [1.807, 2.05) is 30.3 Å². The lowest BCUT2D eigenvalue weighted by Gasteiger charge is -2.13. The Bertz CT molecular complexity index is 600. The fraction of sp³-hybridized carbons (Fsp3) is 0.0667. The van der Waals surface area contributed by atoms with Gasteiger partial charge in [-0.1, -0.05) is 18.2 Å². The van der Waals surface area contributed by atoms with Gasteiger partial charge in [-0.2, -0.15) is 5.26 Å². The van der Waals surface area contributed by atoms with Crippen molar-refractivity contribution in [2.24, 2.45) is 0 Å². The van der Waals surface area contributed by atoms with Crippen molar-refractivity contribution in [3.63, 3.8) is 0 Å². The van der Waals surface area contributed by atoms with Gasteiger partial charge in [0, 0.05) is 12.7 Å². The summed E-state index contributed by atoms with van der Waals surface area (Å²) in [5.74, 6) is 0.821. The molecular formula is C15H12N2O2. The van der Waals surface area contributed by atoms with Gasteiger partial charge in [0.1, 0.15) is 11.5 Å². The minimum Gasteiger partial charge on any atom is -0.457 e. The lowest BCUT2D eigenvalue weighted by Crippen LogP contribution is -2.23. The maximum atomic E-state index is 11.2. The largest absolute Gasteiger partial charge is 0.457 e. The normalized spacial score (nSPS) is 9.47. The SMILES string of the molecule is CN(C(=O)C#N)c1ccc(Oc2ccccc2)cc1. The van der Waals surface area contributed by atoms with Crippen LogP contribution in [0.5, 0.6) is 11.5 Å². The van der Waals surface area contributed by atoms with Crippen LogP contribution in [0, 0.1) is 11.3 Å². The zero-order valence-electron chi connectivity index (χ0n) is 10.4. The van der Waals surface area contributed by atoms with Gasteiger partial charge < -0.3 is 9.64 Å². The summed E-state index contributed by atoms with van der Waals surface area (Å²) in [5, 5.41) is 8.55. The monoisotopic (exact) mass is 252 g/mol. The molecule has 0 fully saturated rings. The third-order valence-electron chi connectivity index (χ3n) is 2.60. The first-order valence-electron chi connectivity index (χ1n) is 5.71. The van der Waals surface area contributed by atoms with Crippen molar-refractivity contribution in [2.75, 3.05) is 11.9 Å². The van der Waals surface area contributed by atoms with Gasteiger partial charge in [0.2, 0.25) is 0 Å². The highest BCUT2D eigenvalue weighted by Gasteiger charge is 2.09. The number of amides is 1. The van der Waals surface area contributed by atoms with Gasteiger partial charge in [0.05, 0.1) is 0 Å². The summed E-state index contributed by atoms with van der Waals surface area (Å²) in [7, 11) is 1.55. The smallest absolute Gasteiger partial charge is 0.329 e. The van der Waals surface area contributed by atoms with Crippen LogP contribution in [0.4, 0.5) is 5.69 Å². The standard InChI is InChI=1S/C15H12N2O2/c1-17(15(18)11-16)12-7-9-14(10-8-12)19-13-5-3-2-4-6-13/h2-10H,1H3. The Morgan fingerprint density at radius 3 is 2.21 bits per heavy atom. The number of rotatable bonds is 3. The number of anilines is 1. The Morgan fingerprint density at radius 1 is 1.05 bits per heavy atom. The molecule has 4 nitrogen and oxygen atoms in total. The van der Waals surface area contributed by atoms with E-state index in [0.29, 0.717) is 11.4 Å². The van der Waals surface area contributed by atoms with Gasteiger partial charge in [-0.05, 0) is 36.4 Å². The number of ether oxygens (including phenoxy) is 1. The fourth-order valence-corrected chi connectivity index (χ4v) is 1.55. The van der Waals surface area contributed by atoms with Gasteiger partial charge in [-0.3, -0.25) is 4.79 Å². The molecule has 0 atom stereocenters. The van der Waals surface area contributed by atoms with Crippen LogP contribution in [0.25, 0.3) is 0 Å². The first-order chi connectivity index (χ1) is 9.20. The molecule has 0 bridgehead atoms. The summed E-state index contributed by atoms with van der Waals surface area (Å²) in [6.07, 6.45) is 0. The molecule has 0 saturated heterocycles. The van der Waals surface area contributed by atoms with Crippen LogP contribution in [0.2, 0.25) is 0 Å². The van der Waals surface area contributed by atoms with E-state index in [9.17, 15) is 4.79 Å². The second-order valence-electron chi connectivity index (χ2n) is 3.88. The van der Waals surface area contributed by atoms with Crippen LogP contribution < -0.4 is 9.64 Å². The van der Waals surface area contributed by atoms with Crippen molar-refractivity contribution in [1.82, 2.24) is 0 Å². The van der Waals surface area contributed by atoms with Crippen molar-refractivity contribution in [3.05, 3.63) is 54.6 Å². The van der Waals surface area contributed by atoms with Crippen molar-refractivity contribution in [3.8, 4) is 17.6 Å². The second kappa shape index (κ2) is 5.69. The van der Waals surface area contributed by atoms with Crippen molar-refractivity contribution < 1.29 is 9.53 Å². The first kappa shape index (κ1) is 12.7. The predicted molar refractivity (Wildman–Crippen MR) is 72.0 cm³/mol. The number of hydrogen-bond acceptors (Lipinski definition) is 3. The third kappa shape index (κ3) is 3.11. The molecule has 0 unspecified atom stereocenters. The van der Waals surface area contributed by atoms with E-state index >= 15 is 0 Å². The summed E-state index contributed by atoms with van der Waals surface area (Å²) >= 11 is 0. The van der Waals surface area contributed by atoms with E-state index in [4.69, 9.17) is 10.00 Å². The molecule has 0 spiro atoms. The average Bonchev–Trinajstić information content (AvgIpc) is 2.47. The molecule has 2 rings (SSSR count). The van der Waals surface area contributed by atoms with E-state index in [0.717, 1.165) is 5.75 Å². The molecule has 0 aliphatic rings. The molecule has 2 aromatic carbocycles. The Labute approximate surface area is 111 Å². The van der Waals surface area contributed by atoms with Crippen LogP contribution in [-0.4, -0.2) is 13.0 Å². The van der Waals surface area contributed by atoms with E-state index in [-0.39, 0.29) is 0 Å². The number of nitriles is 1. The summed E-state index contributed by atoms with van der Waals surface area (Å²) in [4.78, 5) is 12.5. The van der Waals surface area contributed by atoms with Crippen molar-refractivity contribution in [1.29, 1.82) is 5.26 Å². The quantitative estimate of drug-likeness (QED) is 0.789. The molecule has 0 aliphatic carbocycles. The van der Waals surface area contributed by atoms with Crippen molar-refractivity contribution >= 4 is 11.6 Å². The first-order valence-corrected chi connectivity index (χ1v) is 5.71. The number of carbonyl (C=O) groups is 1. The molecule has 1 amide bonds. The minimum atomic E-state index is -0.600. The second-order valence-corrected chi connectivity index (χ2v) is 3.88. The zero-order chi connectivity index (χ0) is 13.7. The highest BCUT2D eigenvalue weighted by Crippen LogP contribution is 2.23. The summed E-state index contributed by atoms with van der Waals surface area (Å²) < 4.78 is 5.63. The van der Waals surface area contributed by atoms with Crippen LogP contribution in [-0.2, 0) is 4.79 Å². The molecule has 0 N–H and O–H groups in total. The van der Waals surface area contributed by atoms with Crippen molar-refractivity contribution in [2.45, 2.75) is 0 Å². The maximum absolute atomic E-state index is 11.2.